The lowest BCUT2D eigenvalue weighted by Gasteiger charge is -2.43. The first-order valence-corrected chi connectivity index (χ1v) is 9.35. The van der Waals surface area contributed by atoms with Crippen LogP contribution in [0.4, 0.5) is 26.3 Å². The Hall–Kier alpha value is -2.26. The van der Waals surface area contributed by atoms with E-state index in [4.69, 9.17) is 4.74 Å². The Morgan fingerprint density at radius 3 is 2.03 bits per heavy atom. The second-order valence-corrected chi connectivity index (χ2v) is 7.39. The van der Waals surface area contributed by atoms with Gasteiger partial charge in [-0.3, -0.25) is 4.90 Å². The lowest BCUT2D eigenvalue weighted by Crippen LogP contribution is -2.55. The van der Waals surface area contributed by atoms with Crippen LogP contribution in [0.3, 0.4) is 0 Å². The largest absolute Gasteiger partial charge is 0.573 e. The van der Waals surface area contributed by atoms with Crippen molar-refractivity contribution in [2.24, 2.45) is 0 Å². The van der Waals surface area contributed by atoms with Gasteiger partial charge in [0.15, 0.2) is 0 Å². The molecule has 1 unspecified atom stereocenters. The highest BCUT2D eigenvalue weighted by atomic mass is 19.4. The maximum atomic E-state index is 13.6. The van der Waals surface area contributed by atoms with E-state index in [-0.39, 0.29) is 17.7 Å². The molecule has 0 spiro atoms. The first-order chi connectivity index (χ1) is 13.9. The maximum Gasteiger partial charge on any atom is 0.573 e. The fourth-order valence-corrected chi connectivity index (χ4v) is 3.33. The summed E-state index contributed by atoms with van der Waals surface area (Å²) >= 11 is 0. The van der Waals surface area contributed by atoms with Gasteiger partial charge in [-0.2, -0.15) is 13.2 Å². The molecule has 0 saturated carbocycles. The molecule has 2 aromatic rings. The number of nitrogens with zero attached hydrogens (tertiary/aromatic N) is 1. The summed E-state index contributed by atoms with van der Waals surface area (Å²) in [6.45, 7) is 5.15. The smallest absolute Gasteiger partial charge is 0.406 e. The van der Waals surface area contributed by atoms with Crippen molar-refractivity contribution < 1.29 is 35.8 Å². The topological polar surface area (TPSA) is 21.7 Å². The molecular weight excluding hydrogens is 412 g/mol. The van der Waals surface area contributed by atoms with E-state index < -0.39 is 30.0 Å². The average Bonchev–Trinajstić information content (AvgIpc) is 2.59. The van der Waals surface area contributed by atoms with Gasteiger partial charge in [-0.05, 0) is 43.2 Å². The van der Waals surface area contributed by atoms with Crippen LogP contribution < -0.4 is 4.74 Å². The van der Waals surface area contributed by atoms with Crippen LogP contribution in [0.15, 0.2) is 48.5 Å². The van der Waals surface area contributed by atoms with Gasteiger partial charge >= 0.3 is 12.5 Å². The third kappa shape index (κ3) is 5.46. The Bertz CT molecular complexity index is 842. The molecule has 164 valence electrons. The standard InChI is InChI=1S/C21H21F6NO2/c1-13(2)28-11-16(12-28)29-19(17-5-3-4-6-18(17)20(22,23)24)14-7-9-15(10-8-14)30-21(25,26)27/h3-10,13,16,19H,11-12H2,1-2H3. The molecule has 30 heavy (non-hydrogen) atoms. The third-order valence-corrected chi connectivity index (χ3v) is 4.90. The Labute approximate surface area is 170 Å². The molecule has 1 heterocycles. The summed E-state index contributed by atoms with van der Waals surface area (Å²) in [5.74, 6) is -0.455. The highest BCUT2D eigenvalue weighted by Crippen LogP contribution is 2.39. The normalized spacial score (nSPS) is 17.1. The van der Waals surface area contributed by atoms with E-state index in [0.29, 0.717) is 18.7 Å². The summed E-state index contributed by atoms with van der Waals surface area (Å²) < 4.78 is 87.8. The second kappa shape index (κ2) is 8.47. The molecule has 1 atom stereocenters. The van der Waals surface area contributed by atoms with Crippen LogP contribution in [0.5, 0.6) is 5.75 Å². The second-order valence-electron chi connectivity index (χ2n) is 7.39. The molecule has 1 fully saturated rings. The van der Waals surface area contributed by atoms with Gasteiger partial charge in [0, 0.05) is 19.1 Å². The number of likely N-dealkylation sites (tertiary alicyclic amines) is 1. The van der Waals surface area contributed by atoms with Gasteiger partial charge in [-0.25, -0.2) is 0 Å². The highest BCUT2D eigenvalue weighted by molar-refractivity contribution is 5.39. The predicted molar refractivity (Wildman–Crippen MR) is 98.0 cm³/mol. The van der Waals surface area contributed by atoms with Gasteiger partial charge in [0.05, 0.1) is 11.7 Å². The van der Waals surface area contributed by atoms with Gasteiger partial charge in [-0.15, -0.1) is 13.2 Å². The third-order valence-electron chi connectivity index (χ3n) is 4.90. The maximum absolute atomic E-state index is 13.6. The predicted octanol–water partition coefficient (Wildman–Crippen LogP) is 5.80. The number of alkyl halides is 6. The molecule has 0 radical (unpaired) electrons. The lowest BCUT2D eigenvalue weighted by molar-refractivity contribution is -0.274. The van der Waals surface area contributed by atoms with E-state index in [1.807, 2.05) is 13.8 Å². The van der Waals surface area contributed by atoms with Gasteiger partial charge < -0.3 is 9.47 Å². The van der Waals surface area contributed by atoms with E-state index in [2.05, 4.69) is 9.64 Å². The van der Waals surface area contributed by atoms with Gasteiger partial charge in [0.25, 0.3) is 0 Å². The molecule has 0 aliphatic carbocycles. The molecule has 1 aliphatic heterocycles. The SMILES string of the molecule is CC(C)N1CC(OC(c2ccc(OC(F)(F)F)cc2)c2ccccc2C(F)(F)F)C1. The Morgan fingerprint density at radius 2 is 1.50 bits per heavy atom. The molecule has 0 amide bonds. The van der Waals surface area contributed by atoms with Gasteiger partial charge in [0.2, 0.25) is 0 Å². The van der Waals surface area contributed by atoms with Crippen LogP contribution in [0.25, 0.3) is 0 Å². The van der Waals surface area contributed by atoms with Crippen LogP contribution in [-0.4, -0.2) is 36.5 Å². The summed E-state index contributed by atoms with van der Waals surface area (Å²) in [5.41, 5.74) is -0.618. The van der Waals surface area contributed by atoms with Crippen molar-refractivity contribution in [3.63, 3.8) is 0 Å². The zero-order valence-electron chi connectivity index (χ0n) is 16.3. The summed E-state index contributed by atoms with van der Waals surface area (Å²) in [6, 6.07) is 10.0. The monoisotopic (exact) mass is 433 g/mol. The van der Waals surface area contributed by atoms with Crippen molar-refractivity contribution in [1.82, 2.24) is 4.90 Å². The van der Waals surface area contributed by atoms with Crippen LogP contribution >= 0.6 is 0 Å². The van der Waals surface area contributed by atoms with Crippen molar-refractivity contribution in [3.05, 3.63) is 65.2 Å². The van der Waals surface area contributed by atoms with Crippen molar-refractivity contribution in [2.75, 3.05) is 13.1 Å². The number of halogens is 6. The summed E-state index contributed by atoms with van der Waals surface area (Å²) in [7, 11) is 0. The Kier molecular flexibility index (Phi) is 6.33. The molecule has 3 nitrogen and oxygen atoms in total. The van der Waals surface area contributed by atoms with E-state index in [9.17, 15) is 26.3 Å². The van der Waals surface area contributed by atoms with Crippen LogP contribution in [-0.2, 0) is 10.9 Å². The first-order valence-electron chi connectivity index (χ1n) is 9.35. The molecule has 0 aromatic heterocycles. The Morgan fingerprint density at radius 1 is 0.900 bits per heavy atom. The number of hydrogen-bond acceptors (Lipinski definition) is 3. The molecule has 1 saturated heterocycles. The van der Waals surface area contributed by atoms with Crippen LogP contribution in [0, 0.1) is 0 Å². The number of benzene rings is 2. The summed E-state index contributed by atoms with van der Waals surface area (Å²) in [5, 5.41) is 0. The number of hydrogen-bond donors (Lipinski definition) is 0. The molecule has 0 bridgehead atoms. The Balaban J connectivity index is 1.91. The molecule has 9 heteroatoms. The van der Waals surface area contributed by atoms with E-state index in [0.717, 1.165) is 18.2 Å². The quantitative estimate of drug-likeness (QED) is 0.538. The molecule has 0 N–H and O–H groups in total. The van der Waals surface area contributed by atoms with Crippen molar-refractivity contribution in [3.8, 4) is 5.75 Å². The lowest BCUT2D eigenvalue weighted by atomic mass is 9.95. The minimum Gasteiger partial charge on any atom is -0.406 e. The van der Waals surface area contributed by atoms with Crippen molar-refractivity contribution in [1.29, 1.82) is 0 Å². The summed E-state index contributed by atoms with van der Waals surface area (Å²) in [4.78, 5) is 2.11. The molecule has 2 aromatic carbocycles. The summed E-state index contributed by atoms with van der Waals surface area (Å²) in [6.07, 6.45) is -10.8. The van der Waals surface area contributed by atoms with Gasteiger partial charge in [0.1, 0.15) is 11.9 Å². The minimum absolute atomic E-state index is 0.0857. The minimum atomic E-state index is -4.85. The number of rotatable bonds is 6. The van der Waals surface area contributed by atoms with E-state index in [1.54, 1.807) is 0 Å². The van der Waals surface area contributed by atoms with Gasteiger partial charge in [-0.1, -0.05) is 30.3 Å². The van der Waals surface area contributed by atoms with Crippen LogP contribution in [0.2, 0.25) is 0 Å². The zero-order valence-corrected chi connectivity index (χ0v) is 16.3. The van der Waals surface area contributed by atoms with E-state index >= 15 is 0 Å². The number of ether oxygens (including phenoxy) is 2. The van der Waals surface area contributed by atoms with Crippen molar-refractivity contribution >= 4 is 0 Å². The highest BCUT2D eigenvalue weighted by Gasteiger charge is 2.38. The average molecular weight is 433 g/mol. The van der Waals surface area contributed by atoms with Crippen molar-refractivity contribution in [2.45, 2.75) is 44.6 Å². The van der Waals surface area contributed by atoms with Crippen LogP contribution in [0.1, 0.15) is 36.6 Å². The zero-order chi connectivity index (χ0) is 22.1. The molecule has 1 aliphatic rings. The first kappa shape index (κ1) is 22.4. The molecule has 3 rings (SSSR count). The fourth-order valence-electron chi connectivity index (χ4n) is 3.33. The van der Waals surface area contributed by atoms with E-state index in [1.165, 1.54) is 30.3 Å². The fraction of sp³-hybridized carbons (Fsp3) is 0.429. The molecular formula is C21H21F6NO2.